The summed E-state index contributed by atoms with van der Waals surface area (Å²) in [4.78, 5) is 14.9. The molecule has 1 amide bonds. The van der Waals surface area contributed by atoms with E-state index in [-0.39, 0.29) is 17.5 Å². The van der Waals surface area contributed by atoms with Gasteiger partial charge in [-0.3, -0.25) is 4.79 Å². The van der Waals surface area contributed by atoms with Crippen LogP contribution in [0.3, 0.4) is 0 Å². The number of benzene rings is 1. The van der Waals surface area contributed by atoms with Gasteiger partial charge in [-0.25, -0.2) is 0 Å². The molecular weight excluding hydrogens is 286 g/mol. The molecule has 0 radical (unpaired) electrons. The Labute approximate surface area is 139 Å². The van der Waals surface area contributed by atoms with Gasteiger partial charge in [-0.15, -0.1) is 0 Å². The molecule has 4 heteroatoms. The first kappa shape index (κ1) is 16.5. The predicted molar refractivity (Wildman–Crippen MR) is 93.3 cm³/mol. The number of carbonyl (C=O) groups is 1. The zero-order valence-electron chi connectivity index (χ0n) is 14.4. The van der Waals surface area contributed by atoms with E-state index in [1.165, 1.54) is 43.2 Å². The SMILES string of the molecule is CN(C)C1(CNC(=O)C2Cc3ccccc3CN2)CCCCC1. The summed E-state index contributed by atoms with van der Waals surface area (Å²) in [7, 11) is 4.29. The first-order valence-electron chi connectivity index (χ1n) is 8.86. The van der Waals surface area contributed by atoms with E-state index in [0.29, 0.717) is 0 Å². The summed E-state index contributed by atoms with van der Waals surface area (Å²) in [5.41, 5.74) is 2.75. The number of nitrogens with one attached hydrogen (secondary N) is 2. The molecule has 4 nitrogen and oxygen atoms in total. The van der Waals surface area contributed by atoms with E-state index >= 15 is 0 Å². The monoisotopic (exact) mass is 315 g/mol. The van der Waals surface area contributed by atoms with Crippen molar-refractivity contribution >= 4 is 5.91 Å². The van der Waals surface area contributed by atoms with Crippen molar-refractivity contribution in [2.45, 2.75) is 56.7 Å². The molecule has 1 aromatic carbocycles. The molecule has 1 unspecified atom stereocenters. The van der Waals surface area contributed by atoms with Gasteiger partial charge >= 0.3 is 0 Å². The summed E-state index contributed by atoms with van der Waals surface area (Å²) in [6.07, 6.45) is 7.01. The van der Waals surface area contributed by atoms with Crippen molar-refractivity contribution in [3.05, 3.63) is 35.4 Å². The molecule has 1 aliphatic carbocycles. The summed E-state index contributed by atoms with van der Waals surface area (Å²) in [5, 5.41) is 6.61. The van der Waals surface area contributed by atoms with E-state index in [0.717, 1.165) is 19.5 Å². The van der Waals surface area contributed by atoms with Gasteiger partial charge in [-0.1, -0.05) is 43.5 Å². The Hall–Kier alpha value is -1.39. The van der Waals surface area contributed by atoms with E-state index in [2.05, 4.69) is 53.9 Å². The highest BCUT2D eigenvalue weighted by atomic mass is 16.2. The Morgan fingerprint density at radius 3 is 2.61 bits per heavy atom. The maximum absolute atomic E-state index is 12.6. The van der Waals surface area contributed by atoms with Gasteiger partial charge in [0.2, 0.25) is 5.91 Å². The second-order valence-corrected chi connectivity index (χ2v) is 7.30. The Kier molecular flexibility index (Phi) is 5.02. The lowest BCUT2D eigenvalue weighted by Crippen LogP contribution is -2.56. The Bertz CT molecular complexity index is 549. The van der Waals surface area contributed by atoms with Gasteiger partial charge in [0, 0.05) is 18.6 Å². The molecule has 1 fully saturated rings. The molecule has 23 heavy (non-hydrogen) atoms. The van der Waals surface area contributed by atoms with Gasteiger partial charge in [0.25, 0.3) is 0 Å². The van der Waals surface area contributed by atoms with Crippen LogP contribution in [0, 0.1) is 0 Å². The van der Waals surface area contributed by atoms with Crippen LogP contribution in [-0.2, 0) is 17.8 Å². The van der Waals surface area contributed by atoms with Crippen LogP contribution in [0.4, 0.5) is 0 Å². The van der Waals surface area contributed by atoms with Crippen LogP contribution in [0.2, 0.25) is 0 Å². The lowest BCUT2D eigenvalue weighted by molar-refractivity contribution is -0.124. The minimum absolute atomic E-state index is 0.104. The zero-order chi connectivity index (χ0) is 16.3. The second-order valence-electron chi connectivity index (χ2n) is 7.30. The van der Waals surface area contributed by atoms with Crippen LogP contribution in [0.1, 0.15) is 43.2 Å². The van der Waals surface area contributed by atoms with Crippen LogP contribution in [0.5, 0.6) is 0 Å². The van der Waals surface area contributed by atoms with Crippen molar-refractivity contribution in [3.8, 4) is 0 Å². The molecule has 2 N–H and O–H groups in total. The van der Waals surface area contributed by atoms with Crippen molar-refractivity contribution in [1.29, 1.82) is 0 Å². The normalized spacial score (nSPS) is 23.3. The highest BCUT2D eigenvalue weighted by Gasteiger charge is 2.35. The summed E-state index contributed by atoms with van der Waals surface area (Å²) in [6.45, 7) is 1.55. The molecule has 1 aliphatic heterocycles. The van der Waals surface area contributed by atoms with Crippen LogP contribution in [0.15, 0.2) is 24.3 Å². The fourth-order valence-corrected chi connectivity index (χ4v) is 4.01. The largest absolute Gasteiger partial charge is 0.353 e. The molecular formula is C19H29N3O. The minimum Gasteiger partial charge on any atom is -0.353 e. The first-order valence-corrected chi connectivity index (χ1v) is 8.86. The van der Waals surface area contributed by atoms with E-state index in [9.17, 15) is 4.79 Å². The van der Waals surface area contributed by atoms with Crippen molar-refractivity contribution in [2.75, 3.05) is 20.6 Å². The first-order chi connectivity index (χ1) is 11.1. The maximum Gasteiger partial charge on any atom is 0.237 e. The molecule has 1 heterocycles. The number of hydrogen-bond acceptors (Lipinski definition) is 3. The molecule has 126 valence electrons. The molecule has 1 aromatic rings. The van der Waals surface area contributed by atoms with Gasteiger partial charge < -0.3 is 15.5 Å². The number of fused-ring (bicyclic) bond motifs is 1. The van der Waals surface area contributed by atoms with Gasteiger partial charge in [-0.05, 0) is 44.5 Å². The molecule has 0 aromatic heterocycles. The molecule has 2 aliphatic rings. The van der Waals surface area contributed by atoms with E-state index in [1.807, 2.05) is 0 Å². The van der Waals surface area contributed by atoms with Crippen LogP contribution in [-0.4, -0.2) is 43.0 Å². The molecule has 0 bridgehead atoms. The summed E-state index contributed by atoms with van der Waals surface area (Å²) in [5.74, 6) is 0.145. The van der Waals surface area contributed by atoms with E-state index in [1.54, 1.807) is 0 Å². The molecule has 3 rings (SSSR count). The van der Waals surface area contributed by atoms with Gasteiger partial charge in [0.15, 0.2) is 0 Å². The summed E-state index contributed by atoms with van der Waals surface area (Å²) in [6, 6.07) is 8.29. The Morgan fingerprint density at radius 2 is 1.91 bits per heavy atom. The Balaban J connectivity index is 1.59. The lowest BCUT2D eigenvalue weighted by atomic mass is 9.80. The quantitative estimate of drug-likeness (QED) is 0.894. The van der Waals surface area contributed by atoms with Crippen LogP contribution < -0.4 is 10.6 Å². The molecule has 1 saturated carbocycles. The number of amides is 1. The maximum atomic E-state index is 12.6. The highest BCUT2D eigenvalue weighted by Crippen LogP contribution is 2.31. The number of carbonyl (C=O) groups excluding carboxylic acids is 1. The number of nitrogens with zero attached hydrogens (tertiary/aromatic N) is 1. The number of likely N-dealkylation sites (N-methyl/N-ethyl adjacent to an activating group) is 1. The average Bonchev–Trinajstić information content (AvgIpc) is 2.60. The fraction of sp³-hybridized carbons (Fsp3) is 0.632. The third-order valence-corrected chi connectivity index (χ3v) is 5.72. The number of rotatable bonds is 4. The van der Waals surface area contributed by atoms with Crippen molar-refractivity contribution in [2.24, 2.45) is 0 Å². The highest BCUT2D eigenvalue weighted by molar-refractivity contribution is 5.82. The number of hydrogen-bond donors (Lipinski definition) is 2. The topological polar surface area (TPSA) is 44.4 Å². The minimum atomic E-state index is -0.104. The van der Waals surface area contributed by atoms with Crippen molar-refractivity contribution in [3.63, 3.8) is 0 Å². The predicted octanol–water partition coefficient (Wildman–Crippen LogP) is 2.08. The molecule has 0 spiro atoms. The van der Waals surface area contributed by atoms with Crippen molar-refractivity contribution in [1.82, 2.24) is 15.5 Å². The summed E-state index contributed by atoms with van der Waals surface area (Å²) < 4.78 is 0. The summed E-state index contributed by atoms with van der Waals surface area (Å²) >= 11 is 0. The smallest absolute Gasteiger partial charge is 0.237 e. The lowest BCUT2D eigenvalue weighted by Gasteiger charge is -2.43. The standard InChI is InChI=1S/C19H29N3O/c1-22(2)19(10-6-3-7-11-19)14-21-18(23)17-12-15-8-4-5-9-16(15)13-20-17/h4-5,8-9,17,20H,3,6-7,10-14H2,1-2H3,(H,21,23). The average molecular weight is 315 g/mol. The molecule has 0 saturated heterocycles. The zero-order valence-corrected chi connectivity index (χ0v) is 14.4. The van der Waals surface area contributed by atoms with Crippen molar-refractivity contribution < 1.29 is 4.79 Å². The molecule has 1 atom stereocenters. The van der Waals surface area contributed by atoms with Gasteiger partial charge in [0.05, 0.1) is 6.04 Å². The third kappa shape index (κ3) is 3.59. The fourth-order valence-electron chi connectivity index (χ4n) is 4.01. The van der Waals surface area contributed by atoms with E-state index < -0.39 is 0 Å². The van der Waals surface area contributed by atoms with Crippen LogP contribution in [0.25, 0.3) is 0 Å². The Morgan fingerprint density at radius 1 is 1.22 bits per heavy atom. The van der Waals surface area contributed by atoms with Gasteiger partial charge in [-0.2, -0.15) is 0 Å². The second kappa shape index (κ2) is 7.02. The third-order valence-electron chi connectivity index (χ3n) is 5.72. The van der Waals surface area contributed by atoms with Gasteiger partial charge in [0.1, 0.15) is 0 Å². The van der Waals surface area contributed by atoms with Crippen LogP contribution >= 0.6 is 0 Å². The van der Waals surface area contributed by atoms with E-state index in [4.69, 9.17) is 0 Å².